The zero-order valence-electron chi connectivity index (χ0n) is 17.1. The first kappa shape index (κ1) is 22.5. The normalized spacial score (nSPS) is 22.7. The molecule has 1 aliphatic heterocycles. The molecule has 1 heterocycles. The number of hydrogen-bond donors (Lipinski definition) is 1. The predicted octanol–water partition coefficient (Wildman–Crippen LogP) is 3.79. The minimum absolute atomic E-state index is 0.0117. The topological polar surface area (TPSA) is 116 Å². The molecule has 0 aromatic heterocycles. The summed E-state index contributed by atoms with van der Waals surface area (Å²) in [6.07, 6.45) is -0.0756. The molecule has 8 nitrogen and oxygen atoms in total. The van der Waals surface area contributed by atoms with Gasteiger partial charge in [0.15, 0.2) is 8.32 Å². The standard InChI is InChI=1S/C17H32N4O4Si/c1-16(2,3)13(19-20-18)14(22)21-10-11(9-12(21)15(23)24)25-26(7,8)17(4,5)6/h11-13H,9-10H2,1-8H3,(H,23,24)/t11-,12+,13-/m1/s1. The molecule has 1 N–H and O–H groups in total. The van der Waals surface area contributed by atoms with Crippen LogP contribution < -0.4 is 0 Å². The lowest BCUT2D eigenvalue weighted by atomic mass is 9.86. The van der Waals surface area contributed by atoms with E-state index in [1.807, 2.05) is 0 Å². The smallest absolute Gasteiger partial charge is 0.326 e. The fourth-order valence-electron chi connectivity index (χ4n) is 2.76. The number of azide groups is 1. The van der Waals surface area contributed by atoms with Crippen molar-refractivity contribution >= 4 is 20.2 Å². The van der Waals surface area contributed by atoms with Gasteiger partial charge in [-0.05, 0) is 29.1 Å². The van der Waals surface area contributed by atoms with Crippen molar-refractivity contribution in [3.05, 3.63) is 10.4 Å². The van der Waals surface area contributed by atoms with Crippen molar-refractivity contribution in [2.24, 2.45) is 10.5 Å². The molecule has 1 saturated heterocycles. The Kier molecular flexibility index (Phi) is 6.55. The van der Waals surface area contributed by atoms with Crippen LogP contribution in [0.25, 0.3) is 10.4 Å². The van der Waals surface area contributed by atoms with E-state index in [1.165, 1.54) is 4.90 Å². The van der Waals surface area contributed by atoms with Crippen molar-refractivity contribution in [1.29, 1.82) is 0 Å². The van der Waals surface area contributed by atoms with Gasteiger partial charge in [-0.25, -0.2) is 4.79 Å². The van der Waals surface area contributed by atoms with Crippen LogP contribution in [0.1, 0.15) is 48.0 Å². The van der Waals surface area contributed by atoms with E-state index in [1.54, 1.807) is 20.8 Å². The van der Waals surface area contributed by atoms with Crippen LogP contribution in [0.4, 0.5) is 0 Å². The van der Waals surface area contributed by atoms with Gasteiger partial charge in [0.1, 0.15) is 12.1 Å². The number of hydrogen-bond acceptors (Lipinski definition) is 4. The largest absolute Gasteiger partial charge is 0.480 e. The Hall–Kier alpha value is -1.57. The average Bonchev–Trinajstić information content (AvgIpc) is 2.85. The Morgan fingerprint density at radius 1 is 1.27 bits per heavy atom. The molecule has 3 atom stereocenters. The maximum atomic E-state index is 13.0. The van der Waals surface area contributed by atoms with Crippen LogP contribution in [0.5, 0.6) is 0 Å². The lowest BCUT2D eigenvalue weighted by molar-refractivity contribution is -0.149. The minimum atomic E-state index is -2.09. The van der Waals surface area contributed by atoms with Crippen molar-refractivity contribution in [2.75, 3.05) is 6.54 Å². The zero-order chi connectivity index (χ0) is 20.5. The maximum absolute atomic E-state index is 13.0. The number of likely N-dealkylation sites (tertiary alicyclic amines) is 1. The zero-order valence-corrected chi connectivity index (χ0v) is 18.1. The number of rotatable bonds is 5. The first-order valence-electron chi connectivity index (χ1n) is 8.87. The van der Waals surface area contributed by atoms with E-state index in [2.05, 4.69) is 43.9 Å². The molecule has 0 aliphatic carbocycles. The SMILES string of the molecule is CC(C)(C)[C@H](N=[N+]=[N-])C(=O)N1C[C@H](O[Si](C)(C)C(C)(C)C)C[C@H]1C(=O)O. The summed E-state index contributed by atoms with van der Waals surface area (Å²) in [5, 5.41) is 13.2. The van der Waals surface area contributed by atoms with Gasteiger partial charge in [-0.3, -0.25) is 4.79 Å². The highest BCUT2D eigenvalue weighted by Gasteiger charge is 2.47. The third-order valence-electron chi connectivity index (χ3n) is 5.32. The highest BCUT2D eigenvalue weighted by atomic mass is 28.4. The first-order chi connectivity index (χ1) is 11.6. The van der Waals surface area contributed by atoms with Gasteiger partial charge in [0.2, 0.25) is 5.91 Å². The van der Waals surface area contributed by atoms with E-state index in [4.69, 9.17) is 9.96 Å². The molecule has 0 spiro atoms. The van der Waals surface area contributed by atoms with Gasteiger partial charge in [-0.2, -0.15) is 0 Å². The van der Waals surface area contributed by atoms with Crippen molar-refractivity contribution in [3.63, 3.8) is 0 Å². The number of aliphatic carboxylic acids is 1. The van der Waals surface area contributed by atoms with Crippen LogP contribution >= 0.6 is 0 Å². The van der Waals surface area contributed by atoms with E-state index in [0.717, 1.165) is 0 Å². The second kappa shape index (κ2) is 7.58. The van der Waals surface area contributed by atoms with E-state index >= 15 is 0 Å². The van der Waals surface area contributed by atoms with Crippen LogP contribution in [0.3, 0.4) is 0 Å². The van der Waals surface area contributed by atoms with Crippen molar-refractivity contribution < 1.29 is 19.1 Å². The highest BCUT2D eigenvalue weighted by Crippen LogP contribution is 2.39. The molecule has 0 aromatic rings. The number of carboxylic acids is 1. The Balaban J connectivity index is 3.09. The fourth-order valence-corrected chi connectivity index (χ4v) is 4.11. The summed E-state index contributed by atoms with van der Waals surface area (Å²) in [6.45, 7) is 16.1. The monoisotopic (exact) mass is 384 g/mol. The van der Waals surface area contributed by atoms with Gasteiger partial charge < -0.3 is 14.4 Å². The first-order valence-corrected chi connectivity index (χ1v) is 11.8. The van der Waals surface area contributed by atoms with E-state index in [9.17, 15) is 14.7 Å². The van der Waals surface area contributed by atoms with Crippen molar-refractivity contribution in [1.82, 2.24) is 4.90 Å². The Labute approximate surface area is 156 Å². The average molecular weight is 385 g/mol. The van der Waals surface area contributed by atoms with Crippen LogP contribution in [0, 0.1) is 5.41 Å². The molecule has 0 aromatic carbocycles. The van der Waals surface area contributed by atoms with E-state index in [0.29, 0.717) is 0 Å². The summed E-state index contributed by atoms with van der Waals surface area (Å²) < 4.78 is 6.33. The summed E-state index contributed by atoms with van der Waals surface area (Å²) in [5.41, 5.74) is 8.21. The number of carbonyl (C=O) groups is 2. The molecule has 148 valence electrons. The number of amides is 1. The minimum Gasteiger partial charge on any atom is -0.480 e. The number of carboxylic acid groups (broad SMARTS) is 1. The van der Waals surface area contributed by atoms with Gasteiger partial charge in [-0.15, -0.1) is 0 Å². The van der Waals surface area contributed by atoms with Gasteiger partial charge in [-0.1, -0.05) is 46.7 Å². The third kappa shape index (κ3) is 4.99. The Bertz CT molecular complexity index is 603. The fraction of sp³-hybridized carbons (Fsp3) is 0.882. The third-order valence-corrected chi connectivity index (χ3v) is 9.85. The van der Waals surface area contributed by atoms with Gasteiger partial charge in [0.25, 0.3) is 0 Å². The van der Waals surface area contributed by atoms with Crippen LogP contribution in [-0.4, -0.2) is 54.9 Å². The molecule has 0 unspecified atom stereocenters. The highest BCUT2D eigenvalue weighted by molar-refractivity contribution is 6.74. The van der Waals surface area contributed by atoms with Crippen LogP contribution in [0.2, 0.25) is 18.1 Å². The Morgan fingerprint density at radius 3 is 2.19 bits per heavy atom. The molecule has 1 amide bonds. The number of nitrogens with zero attached hydrogens (tertiary/aromatic N) is 4. The summed E-state index contributed by atoms with van der Waals surface area (Å²) in [4.78, 5) is 28.8. The Morgan fingerprint density at radius 2 is 1.81 bits per heavy atom. The second-order valence-electron chi connectivity index (χ2n) is 9.55. The van der Waals surface area contributed by atoms with Crippen molar-refractivity contribution in [2.45, 2.75) is 84.3 Å². The molecule has 1 aliphatic rings. The molecule has 0 saturated carbocycles. The van der Waals surface area contributed by atoms with Gasteiger partial charge in [0, 0.05) is 17.9 Å². The molecule has 0 radical (unpaired) electrons. The second-order valence-corrected chi connectivity index (χ2v) is 14.3. The number of carbonyl (C=O) groups excluding carboxylic acids is 1. The molecular weight excluding hydrogens is 352 g/mol. The molecule has 9 heteroatoms. The molecule has 1 rings (SSSR count). The van der Waals surface area contributed by atoms with Crippen molar-refractivity contribution in [3.8, 4) is 0 Å². The van der Waals surface area contributed by atoms with Crippen LogP contribution in [-0.2, 0) is 14.0 Å². The summed E-state index contributed by atoms with van der Waals surface area (Å²) >= 11 is 0. The lowest BCUT2D eigenvalue weighted by Crippen LogP contribution is -2.49. The molecule has 26 heavy (non-hydrogen) atoms. The van der Waals surface area contributed by atoms with E-state index < -0.39 is 37.7 Å². The lowest BCUT2D eigenvalue weighted by Gasteiger charge is -2.38. The maximum Gasteiger partial charge on any atom is 0.326 e. The molecule has 0 bridgehead atoms. The summed E-state index contributed by atoms with van der Waals surface area (Å²) in [5.74, 6) is -1.52. The quantitative estimate of drug-likeness (QED) is 0.336. The van der Waals surface area contributed by atoms with Gasteiger partial charge >= 0.3 is 5.97 Å². The van der Waals surface area contributed by atoms with Gasteiger partial charge in [0.05, 0.1) is 6.10 Å². The summed E-state index contributed by atoms with van der Waals surface area (Å²) in [7, 11) is -2.09. The van der Waals surface area contributed by atoms with E-state index in [-0.39, 0.29) is 24.1 Å². The summed E-state index contributed by atoms with van der Waals surface area (Å²) in [6, 6.07) is -1.92. The predicted molar refractivity (Wildman–Crippen MR) is 102 cm³/mol. The van der Waals surface area contributed by atoms with Crippen LogP contribution in [0.15, 0.2) is 5.11 Å². The molecule has 1 fully saturated rings. The molecular formula is C17H32N4O4Si.